The number of piperidine rings is 1. The first-order chi connectivity index (χ1) is 10.2. The van der Waals surface area contributed by atoms with Crippen molar-refractivity contribution in [3.05, 3.63) is 18.1 Å². The average molecular weight is 291 g/mol. The highest BCUT2D eigenvalue weighted by atomic mass is 15.2. The third-order valence-corrected chi connectivity index (χ3v) is 3.99. The van der Waals surface area contributed by atoms with Gasteiger partial charge in [-0.3, -0.25) is 4.98 Å². The third-order valence-electron chi connectivity index (χ3n) is 3.99. The van der Waals surface area contributed by atoms with E-state index in [1.165, 1.54) is 19.4 Å². The second kappa shape index (κ2) is 8.29. The first kappa shape index (κ1) is 16.2. The molecule has 0 saturated carbocycles. The molecular weight excluding hydrogens is 262 g/mol. The summed E-state index contributed by atoms with van der Waals surface area (Å²) in [5, 5.41) is 3.35. The van der Waals surface area contributed by atoms with Gasteiger partial charge in [0.05, 0.1) is 18.1 Å². The lowest BCUT2D eigenvalue weighted by Gasteiger charge is -2.33. The summed E-state index contributed by atoms with van der Waals surface area (Å²) in [4.78, 5) is 13.8. The fraction of sp³-hybridized carbons (Fsp3) is 0.750. The highest BCUT2D eigenvalue weighted by Gasteiger charge is 2.20. The van der Waals surface area contributed by atoms with Gasteiger partial charge in [0, 0.05) is 26.2 Å². The largest absolute Gasteiger partial charge is 0.355 e. The van der Waals surface area contributed by atoms with Crippen molar-refractivity contribution in [3.63, 3.8) is 0 Å². The van der Waals surface area contributed by atoms with Crippen molar-refractivity contribution in [2.75, 3.05) is 45.2 Å². The Bertz CT molecular complexity index is 396. The first-order valence-corrected chi connectivity index (χ1v) is 8.10. The Morgan fingerprint density at radius 3 is 2.57 bits per heavy atom. The molecule has 0 bridgehead atoms. The van der Waals surface area contributed by atoms with Gasteiger partial charge in [-0.15, -0.1) is 0 Å². The van der Waals surface area contributed by atoms with Gasteiger partial charge in [0.1, 0.15) is 5.82 Å². The van der Waals surface area contributed by atoms with E-state index in [0.717, 1.165) is 50.0 Å². The minimum absolute atomic E-state index is 0.812. The summed E-state index contributed by atoms with van der Waals surface area (Å²) in [7, 11) is 4.31. The Kier molecular flexibility index (Phi) is 6.39. The SMILES string of the molecule is CCCNCc1cnc(N2CCC(CN(C)C)CC2)cn1. The van der Waals surface area contributed by atoms with Crippen LogP contribution < -0.4 is 10.2 Å². The maximum atomic E-state index is 4.58. The van der Waals surface area contributed by atoms with Gasteiger partial charge in [-0.2, -0.15) is 0 Å². The second-order valence-electron chi connectivity index (χ2n) is 6.24. The van der Waals surface area contributed by atoms with Crippen LogP contribution in [-0.4, -0.2) is 55.1 Å². The molecule has 2 rings (SSSR count). The number of hydrogen-bond donors (Lipinski definition) is 1. The van der Waals surface area contributed by atoms with Crippen LogP contribution in [0.5, 0.6) is 0 Å². The van der Waals surface area contributed by atoms with E-state index in [-0.39, 0.29) is 0 Å². The molecule has 5 heteroatoms. The van der Waals surface area contributed by atoms with Crippen LogP contribution in [-0.2, 0) is 6.54 Å². The van der Waals surface area contributed by atoms with Crippen LogP contribution in [0.3, 0.4) is 0 Å². The molecule has 1 aromatic rings. The summed E-state index contributed by atoms with van der Waals surface area (Å²) in [6, 6.07) is 0. The third kappa shape index (κ3) is 5.25. The normalized spacial score (nSPS) is 16.7. The molecule has 1 aliphatic heterocycles. The van der Waals surface area contributed by atoms with Crippen molar-refractivity contribution < 1.29 is 0 Å². The molecule has 1 aromatic heterocycles. The van der Waals surface area contributed by atoms with Gasteiger partial charge in [0.15, 0.2) is 0 Å². The van der Waals surface area contributed by atoms with E-state index in [1.54, 1.807) is 0 Å². The molecule has 1 aliphatic rings. The molecule has 0 spiro atoms. The molecule has 1 saturated heterocycles. The zero-order valence-corrected chi connectivity index (χ0v) is 13.7. The van der Waals surface area contributed by atoms with Crippen LogP contribution in [0.1, 0.15) is 31.9 Å². The molecule has 0 radical (unpaired) electrons. The van der Waals surface area contributed by atoms with Crippen LogP contribution in [0.2, 0.25) is 0 Å². The van der Waals surface area contributed by atoms with Crippen molar-refractivity contribution in [1.82, 2.24) is 20.2 Å². The van der Waals surface area contributed by atoms with Crippen LogP contribution in [0.15, 0.2) is 12.4 Å². The maximum absolute atomic E-state index is 4.58. The van der Waals surface area contributed by atoms with Crippen molar-refractivity contribution >= 4 is 5.82 Å². The molecule has 0 aromatic carbocycles. The Morgan fingerprint density at radius 2 is 2.00 bits per heavy atom. The molecule has 5 nitrogen and oxygen atoms in total. The number of nitrogens with one attached hydrogen (secondary N) is 1. The highest BCUT2D eigenvalue weighted by molar-refractivity contribution is 5.36. The number of anilines is 1. The van der Waals surface area contributed by atoms with Gasteiger partial charge in [-0.05, 0) is 45.8 Å². The van der Waals surface area contributed by atoms with Gasteiger partial charge in [0.2, 0.25) is 0 Å². The molecule has 0 aliphatic carbocycles. The molecule has 118 valence electrons. The summed E-state index contributed by atoms with van der Waals surface area (Å²) in [6.07, 6.45) is 7.48. The van der Waals surface area contributed by atoms with Gasteiger partial charge < -0.3 is 15.1 Å². The topological polar surface area (TPSA) is 44.3 Å². The first-order valence-electron chi connectivity index (χ1n) is 8.10. The Labute approximate surface area is 128 Å². The average Bonchev–Trinajstić information content (AvgIpc) is 2.49. The van der Waals surface area contributed by atoms with Crippen LogP contribution in [0, 0.1) is 5.92 Å². The van der Waals surface area contributed by atoms with Gasteiger partial charge in [-0.1, -0.05) is 6.92 Å². The molecular formula is C16H29N5. The summed E-state index contributed by atoms with van der Waals surface area (Å²) < 4.78 is 0. The zero-order chi connectivity index (χ0) is 15.1. The minimum Gasteiger partial charge on any atom is -0.355 e. The molecule has 1 fully saturated rings. The predicted molar refractivity (Wildman–Crippen MR) is 87.5 cm³/mol. The van der Waals surface area contributed by atoms with E-state index in [9.17, 15) is 0 Å². The minimum atomic E-state index is 0.812. The van der Waals surface area contributed by atoms with Gasteiger partial charge >= 0.3 is 0 Å². The standard InChI is InChI=1S/C16H29N5/c1-4-7-17-10-15-11-19-16(12-18-15)21-8-5-14(6-9-21)13-20(2)3/h11-12,14,17H,4-10,13H2,1-3H3. The van der Waals surface area contributed by atoms with Crippen LogP contribution in [0.25, 0.3) is 0 Å². The van der Waals surface area contributed by atoms with E-state index in [4.69, 9.17) is 0 Å². The van der Waals surface area contributed by atoms with E-state index < -0.39 is 0 Å². The molecule has 0 atom stereocenters. The summed E-state index contributed by atoms with van der Waals surface area (Å²) in [5.41, 5.74) is 1.02. The van der Waals surface area contributed by atoms with Gasteiger partial charge in [0.25, 0.3) is 0 Å². The lowest BCUT2D eigenvalue weighted by molar-refractivity contribution is 0.284. The quantitative estimate of drug-likeness (QED) is 0.776. The van der Waals surface area contributed by atoms with Crippen LogP contribution in [0.4, 0.5) is 5.82 Å². The second-order valence-corrected chi connectivity index (χ2v) is 6.24. The van der Waals surface area contributed by atoms with Crippen molar-refractivity contribution in [2.45, 2.75) is 32.7 Å². The number of rotatable bonds is 7. The maximum Gasteiger partial charge on any atom is 0.147 e. The Hall–Kier alpha value is -1.20. The van der Waals surface area contributed by atoms with Crippen LogP contribution >= 0.6 is 0 Å². The number of hydrogen-bond acceptors (Lipinski definition) is 5. The van der Waals surface area contributed by atoms with E-state index in [2.05, 4.69) is 46.1 Å². The lowest BCUT2D eigenvalue weighted by atomic mass is 9.96. The van der Waals surface area contributed by atoms with E-state index >= 15 is 0 Å². The molecule has 0 unspecified atom stereocenters. The molecule has 0 amide bonds. The molecule has 1 N–H and O–H groups in total. The summed E-state index contributed by atoms with van der Waals surface area (Å²) >= 11 is 0. The number of nitrogens with zero attached hydrogens (tertiary/aromatic N) is 4. The monoisotopic (exact) mass is 291 g/mol. The lowest BCUT2D eigenvalue weighted by Crippen LogP contribution is -2.37. The fourth-order valence-electron chi connectivity index (χ4n) is 2.86. The van der Waals surface area contributed by atoms with Gasteiger partial charge in [-0.25, -0.2) is 4.98 Å². The van der Waals surface area contributed by atoms with Crippen molar-refractivity contribution in [1.29, 1.82) is 0 Å². The number of aromatic nitrogens is 2. The van der Waals surface area contributed by atoms with Crippen molar-refractivity contribution in [3.8, 4) is 0 Å². The Balaban J connectivity index is 1.80. The molecule has 21 heavy (non-hydrogen) atoms. The fourth-order valence-corrected chi connectivity index (χ4v) is 2.86. The smallest absolute Gasteiger partial charge is 0.147 e. The molecule has 2 heterocycles. The zero-order valence-electron chi connectivity index (χ0n) is 13.7. The predicted octanol–water partition coefficient (Wildman–Crippen LogP) is 1.75. The van der Waals surface area contributed by atoms with E-state index in [0.29, 0.717) is 0 Å². The highest BCUT2D eigenvalue weighted by Crippen LogP contribution is 2.21. The Morgan fingerprint density at radius 1 is 1.24 bits per heavy atom. The summed E-state index contributed by atoms with van der Waals surface area (Å²) in [6.45, 7) is 7.40. The van der Waals surface area contributed by atoms with Crippen molar-refractivity contribution in [2.24, 2.45) is 5.92 Å². The van der Waals surface area contributed by atoms with E-state index in [1.807, 2.05) is 12.4 Å². The summed E-state index contributed by atoms with van der Waals surface area (Å²) in [5.74, 6) is 1.85.